The van der Waals surface area contributed by atoms with E-state index in [1.165, 1.54) is 25.0 Å². The highest BCUT2D eigenvalue weighted by Gasteiger charge is 2.25. The molecule has 5 rings (SSSR count). The van der Waals surface area contributed by atoms with E-state index in [1.807, 2.05) is 13.0 Å². The molecule has 0 bridgehead atoms. The van der Waals surface area contributed by atoms with Crippen LogP contribution < -0.4 is 10.6 Å². The number of nitrogens with one attached hydrogen (secondary N) is 3. The molecule has 9 heteroatoms. The van der Waals surface area contributed by atoms with E-state index in [-0.39, 0.29) is 11.9 Å². The standard InChI is InChI=1S/C20H21FN8/c1-11(14-7-13(21)8-17-15(14)10-23-29(17)2)24-20-22-6-5-18(26-20)25-19-9-16(27-28-19)12-3-4-12/h5-12H,3-4H2,1-2H3,(H3,22,24,25,26,27,28)/t11-/m0/s1. The van der Waals surface area contributed by atoms with Crippen LogP contribution in [0.3, 0.4) is 0 Å². The number of rotatable bonds is 6. The number of H-pyrrole nitrogens is 1. The Hall–Kier alpha value is -3.49. The minimum atomic E-state index is -0.300. The lowest BCUT2D eigenvalue weighted by Gasteiger charge is -2.16. The molecule has 1 atom stereocenters. The number of hydrogen-bond donors (Lipinski definition) is 3. The van der Waals surface area contributed by atoms with Crippen LogP contribution in [0.15, 0.2) is 36.7 Å². The minimum Gasteiger partial charge on any atom is -0.348 e. The summed E-state index contributed by atoms with van der Waals surface area (Å²) in [4.78, 5) is 8.80. The van der Waals surface area contributed by atoms with Crippen LogP contribution in [0.25, 0.3) is 10.9 Å². The minimum absolute atomic E-state index is 0.209. The molecule has 0 radical (unpaired) electrons. The smallest absolute Gasteiger partial charge is 0.225 e. The molecule has 1 fully saturated rings. The van der Waals surface area contributed by atoms with Gasteiger partial charge in [0.25, 0.3) is 0 Å². The summed E-state index contributed by atoms with van der Waals surface area (Å²) in [6.45, 7) is 1.94. The Labute approximate surface area is 166 Å². The van der Waals surface area contributed by atoms with Crippen LogP contribution in [0.4, 0.5) is 22.0 Å². The molecular formula is C20H21FN8. The molecule has 8 nitrogen and oxygen atoms in total. The zero-order chi connectivity index (χ0) is 20.0. The first-order valence-corrected chi connectivity index (χ1v) is 9.60. The van der Waals surface area contributed by atoms with E-state index in [2.05, 4.69) is 35.9 Å². The van der Waals surface area contributed by atoms with Crippen molar-refractivity contribution in [1.29, 1.82) is 0 Å². The Morgan fingerprint density at radius 2 is 2.10 bits per heavy atom. The number of halogens is 1. The van der Waals surface area contributed by atoms with E-state index in [0.717, 1.165) is 28.0 Å². The van der Waals surface area contributed by atoms with Crippen molar-refractivity contribution in [2.75, 3.05) is 10.6 Å². The van der Waals surface area contributed by atoms with Crippen LogP contribution in [0.1, 0.15) is 43.0 Å². The van der Waals surface area contributed by atoms with Crippen LogP contribution >= 0.6 is 0 Å². The van der Waals surface area contributed by atoms with Crippen LogP contribution in [-0.2, 0) is 7.05 Å². The number of nitrogens with zero attached hydrogens (tertiary/aromatic N) is 5. The summed E-state index contributed by atoms with van der Waals surface area (Å²) < 4.78 is 15.8. The van der Waals surface area contributed by atoms with Gasteiger partial charge < -0.3 is 10.6 Å². The third-order valence-electron chi connectivity index (χ3n) is 5.20. The fraction of sp³-hybridized carbons (Fsp3) is 0.300. The number of aromatic amines is 1. The summed E-state index contributed by atoms with van der Waals surface area (Å²) >= 11 is 0. The largest absolute Gasteiger partial charge is 0.348 e. The van der Waals surface area contributed by atoms with Crippen LogP contribution in [0.5, 0.6) is 0 Å². The van der Waals surface area contributed by atoms with Crippen molar-refractivity contribution < 1.29 is 4.39 Å². The van der Waals surface area contributed by atoms with E-state index >= 15 is 0 Å². The van der Waals surface area contributed by atoms with Gasteiger partial charge in [0, 0.05) is 36.3 Å². The molecule has 148 valence electrons. The SMILES string of the molecule is C[C@H](Nc1nccc(Nc2cc(C3CC3)[nH]n2)n1)c1cc(F)cc2c1cnn2C. The molecule has 3 aromatic heterocycles. The number of hydrogen-bond acceptors (Lipinski definition) is 6. The fourth-order valence-electron chi connectivity index (χ4n) is 3.50. The lowest BCUT2D eigenvalue weighted by molar-refractivity contribution is 0.624. The van der Waals surface area contributed by atoms with Gasteiger partial charge in [0.15, 0.2) is 5.82 Å². The topological polar surface area (TPSA) is 96.3 Å². The van der Waals surface area contributed by atoms with E-state index in [0.29, 0.717) is 17.7 Å². The molecule has 29 heavy (non-hydrogen) atoms. The van der Waals surface area contributed by atoms with E-state index in [9.17, 15) is 4.39 Å². The van der Waals surface area contributed by atoms with E-state index < -0.39 is 0 Å². The molecule has 0 saturated heterocycles. The molecule has 3 heterocycles. The molecule has 0 amide bonds. The molecule has 1 aliphatic rings. The Morgan fingerprint density at radius 1 is 1.24 bits per heavy atom. The van der Waals surface area contributed by atoms with Crippen LogP contribution in [-0.4, -0.2) is 29.9 Å². The van der Waals surface area contributed by atoms with Gasteiger partial charge in [-0.1, -0.05) is 0 Å². The highest BCUT2D eigenvalue weighted by molar-refractivity contribution is 5.83. The number of aromatic nitrogens is 6. The quantitative estimate of drug-likeness (QED) is 0.459. The molecule has 1 aromatic carbocycles. The van der Waals surface area contributed by atoms with Crippen molar-refractivity contribution in [3.63, 3.8) is 0 Å². The van der Waals surface area contributed by atoms with Crippen molar-refractivity contribution in [3.8, 4) is 0 Å². The fourth-order valence-corrected chi connectivity index (χ4v) is 3.50. The summed E-state index contributed by atoms with van der Waals surface area (Å²) in [5.74, 6) is 2.12. The highest BCUT2D eigenvalue weighted by atomic mass is 19.1. The molecule has 0 spiro atoms. The van der Waals surface area contributed by atoms with Gasteiger partial charge in [-0.25, -0.2) is 9.37 Å². The van der Waals surface area contributed by atoms with E-state index in [4.69, 9.17) is 0 Å². The molecule has 1 saturated carbocycles. The third kappa shape index (κ3) is 3.51. The lowest BCUT2D eigenvalue weighted by atomic mass is 10.0. The summed E-state index contributed by atoms with van der Waals surface area (Å²) in [7, 11) is 1.80. The van der Waals surface area contributed by atoms with Crippen molar-refractivity contribution in [2.45, 2.75) is 31.7 Å². The van der Waals surface area contributed by atoms with Gasteiger partial charge >= 0.3 is 0 Å². The number of benzene rings is 1. The van der Waals surface area contributed by atoms with Gasteiger partial charge in [-0.2, -0.15) is 15.2 Å². The third-order valence-corrected chi connectivity index (χ3v) is 5.20. The second kappa shape index (κ2) is 6.84. The number of anilines is 3. The monoisotopic (exact) mass is 392 g/mol. The van der Waals surface area contributed by atoms with Crippen molar-refractivity contribution in [2.24, 2.45) is 7.05 Å². The zero-order valence-electron chi connectivity index (χ0n) is 16.1. The van der Waals surface area contributed by atoms with Crippen molar-refractivity contribution >= 4 is 28.5 Å². The molecular weight excluding hydrogens is 371 g/mol. The first-order valence-electron chi connectivity index (χ1n) is 9.60. The maximum atomic E-state index is 14.1. The van der Waals surface area contributed by atoms with Gasteiger partial charge in [0.05, 0.1) is 17.8 Å². The van der Waals surface area contributed by atoms with E-state index in [1.54, 1.807) is 30.2 Å². The lowest BCUT2D eigenvalue weighted by Crippen LogP contribution is -2.11. The van der Waals surface area contributed by atoms with Gasteiger partial charge in [-0.3, -0.25) is 9.78 Å². The van der Waals surface area contributed by atoms with Crippen LogP contribution in [0, 0.1) is 5.82 Å². The average Bonchev–Trinajstić information content (AvgIpc) is 3.35. The van der Waals surface area contributed by atoms with Gasteiger partial charge in [-0.15, -0.1) is 0 Å². The van der Waals surface area contributed by atoms with Gasteiger partial charge in [0.1, 0.15) is 11.6 Å². The van der Waals surface area contributed by atoms with Gasteiger partial charge in [-0.05, 0) is 43.5 Å². The zero-order valence-corrected chi connectivity index (χ0v) is 16.1. The normalized spacial score (nSPS) is 14.9. The Kier molecular flexibility index (Phi) is 4.15. The Balaban J connectivity index is 1.36. The molecule has 0 aliphatic heterocycles. The number of fused-ring (bicyclic) bond motifs is 1. The predicted octanol–water partition coefficient (Wildman–Crippen LogP) is 4.02. The maximum Gasteiger partial charge on any atom is 0.225 e. The first-order chi connectivity index (χ1) is 14.1. The average molecular weight is 392 g/mol. The summed E-state index contributed by atoms with van der Waals surface area (Å²) in [5.41, 5.74) is 2.70. The second-order valence-electron chi connectivity index (χ2n) is 7.44. The highest BCUT2D eigenvalue weighted by Crippen LogP contribution is 2.39. The molecule has 3 N–H and O–H groups in total. The summed E-state index contributed by atoms with van der Waals surface area (Å²) in [6, 6.07) is 6.59. The number of aryl methyl sites for hydroxylation is 1. The van der Waals surface area contributed by atoms with Crippen LogP contribution in [0.2, 0.25) is 0 Å². The first kappa shape index (κ1) is 17.6. The van der Waals surface area contributed by atoms with Gasteiger partial charge in [0.2, 0.25) is 5.95 Å². The summed E-state index contributed by atoms with van der Waals surface area (Å²) in [6.07, 6.45) is 5.84. The van der Waals surface area contributed by atoms with Crippen molar-refractivity contribution in [3.05, 3.63) is 53.7 Å². The molecule has 0 unspecified atom stereocenters. The molecule has 1 aliphatic carbocycles. The predicted molar refractivity (Wildman–Crippen MR) is 109 cm³/mol. The Morgan fingerprint density at radius 3 is 2.93 bits per heavy atom. The van der Waals surface area contributed by atoms with Crippen molar-refractivity contribution in [1.82, 2.24) is 29.9 Å². The maximum absolute atomic E-state index is 14.1. The molecule has 4 aromatic rings. The second-order valence-corrected chi connectivity index (χ2v) is 7.44. The summed E-state index contributed by atoms with van der Waals surface area (Å²) in [5, 5.41) is 18.9. The Bertz CT molecular complexity index is 1180.